The molecule has 0 spiro atoms. The van der Waals surface area contributed by atoms with Gasteiger partial charge in [0.2, 0.25) is 0 Å². The van der Waals surface area contributed by atoms with Crippen molar-refractivity contribution in [2.24, 2.45) is 5.92 Å². The van der Waals surface area contributed by atoms with E-state index in [1.807, 2.05) is 42.7 Å². The van der Waals surface area contributed by atoms with E-state index in [2.05, 4.69) is 68.0 Å². The predicted octanol–water partition coefficient (Wildman–Crippen LogP) is 6.81. The van der Waals surface area contributed by atoms with Crippen molar-refractivity contribution in [1.82, 2.24) is 25.1 Å². The van der Waals surface area contributed by atoms with Crippen LogP contribution in [0.4, 0.5) is 11.4 Å². The average Bonchev–Trinajstić information content (AvgIpc) is 3.69. The van der Waals surface area contributed by atoms with Crippen molar-refractivity contribution in [3.05, 3.63) is 104 Å². The molecule has 4 aromatic heterocycles. The molecule has 6 rings (SSSR count). The zero-order valence-corrected chi connectivity index (χ0v) is 20.6. The maximum atomic E-state index is 4.64. The Balaban J connectivity index is 1.28. The minimum absolute atomic E-state index is 0.569. The van der Waals surface area contributed by atoms with Crippen molar-refractivity contribution in [1.29, 1.82) is 0 Å². The van der Waals surface area contributed by atoms with Gasteiger partial charge in [-0.1, -0.05) is 25.3 Å². The van der Waals surface area contributed by atoms with Gasteiger partial charge in [-0.3, -0.25) is 20.1 Å². The lowest BCUT2D eigenvalue weighted by molar-refractivity contribution is 1.02. The number of hydrogen-bond donors (Lipinski definition) is 3. The van der Waals surface area contributed by atoms with Gasteiger partial charge in [0.05, 0.1) is 35.0 Å². The van der Waals surface area contributed by atoms with Gasteiger partial charge in [-0.2, -0.15) is 5.10 Å². The quantitative estimate of drug-likeness (QED) is 0.224. The summed E-state index contributed by atoms with van der Waals surface area (Å²) in [6, 6.07) is 14.3. The fourth-order valence-corrected chi connectivity index (χ4v) is 4.51. The number of anilines is 2. The van der Waals surface area contributed by atoms with Crippen LogP contribution in [0.15, 0.2) is 92.3 Å². The van der Waals surface area contributed by atoms with E-state index >= 15 is 0 Å². The number of aromatic amines is 1. The number of aromatic nitrogens is 5. The van der Waals surface area contributed by atoms with Gasteiger partial charge in [0, 0.05) is 40.9 Å². The number of rotatable bonds is 8. The molecular formula is C30H27N7. The second-order valence-corrected chi connectivity index (χ2v) is 9.39. The van der Waals surface area contributed by atoms with Crippen LogP contribution in [-0.4, -0.2) is 25.1 Å². The summed E-state index contributed by atoms with van der Waals surface area (Å²) >= 11 is 0. The minimum Gasteiger partial charge on any atom is -0.358 e. The topological polar surface area (TPSA) is 91.4 Å². The highest BCUT2D eigenvalue weighted by Crippen LogP contribution is 2.36. The summed E-state index contributed by atoms with van der Waals surface area (Å²) in [6.07, 6.45) is 11.4. The molecule has 1 fully saturated rings. The van der Waals surface area contributed by atoms with Gasteiger partial charge in [-0.05, 0) is 72.7 Å². The molecule has 1 aliphatic rings. The van der Waals surface area contributed by atoms with Gasteiger partial charge < -0.3 is 10.6 Å². The van der Waals surface area contributed by atoms with E-state index in [1.54, 1.807) is 18.6 Å². The van der Waals surface area contributed by atoms with Crippen LogP contribution < -0.4 is 10.6 Å². The van der Waals surface area contributed by atoms with Crippen LogP contribution in [0.5, 0.6) is 0 Å². The summed E-state index contributed by atoms with van der Waals surface area (Å²) in [6.45, 7) is 10.6. The molecule has 0 atom stereocenters. The monoisotopic (exact) mass is 485 g/mol. The highest BCUT2D eigenvalue weighted by molar-refractivity contribution is 5.94. The zero-order chi connectivity index (χ0) is 25.4. The van der Waals surface area contributed by atoms with Crippen LogP contribution in [0.3, 0.4) is 0 Å². The summed E-state index contributed by atoms with van der Waals surface area (Å²) in [5.74, 6) is 0.569. The normalized spacial score (nSPS) is 12.9. The number of hydrogen-bond acceptors (Lipinski definition) is 6. The molecule has 0 saturated heterocycles. The number of benzene rings is 1. The number of allylic oxidation sites excluding steroid dienone is 1. The maximum Gasteiger partial charge on any atom is 0.116 e. The van der Waals surface area contributed by atoms with Crippen molar-refractivity contribution < 1.29 is 0 Å². The number of nitrogens with zero attached hydrogens (tertiary/aromatic N) is 4. The number of fused-ring (bicyclic) bond motifs is 1. The summed E-state index contributed by atoms with van der Waals surface area (Å²) in [5, 5.41) is 15.4. The summed E-state index contributed by atoms with van der Waals surface area (Å²) in [5.41, 5.74) is 10.3. The van der Waals surface area contributed by atoms with Gasteiger partial charge in [-0.25, -0.2) is 0 Å². The zero-order valence-electron chi connectivity index (χ0n) is 20.6. The van der Waals surface area contributed by atoms with Gasteiger partial charge in [-0.15, -0.1) is 0 Å². The fourth-order valence-electron chi connectivity index (χ4n) is 4.51. The lowest BCUT2D eigenvalue weighted by Crippen LogP contribution is -2.01. The maximum absolute atomic E-state index is 4.64. The van der Waals surface area contributed by atoms with Crippen LogP contribution >= 0.6 is 0 Å². The number of nitrogens with one attached hydrogen (secondary N) is 3. The van der Waals surface area contributed by atoms with Crippen molar-refractivity contribution >= 4 is 28.0 Å². The summed E-state index contributed by atoms with van der Waals surface area (Å²) < 4.78 is 0. The van der Waals surface area contributed by atoms with Crippen LogP contribution in [0.25, 0.3) is 39.0 Å². The summed E-state index contributed by atoms with van der Waals surface area (Å²) in [7, 11) is 0. The molecule has 0 amide bonds. The Morgan fingerprint density at radius 3 is 2.59 bits per heavy atom. The molecule has 0 aliphatic heterocycles. The van der Waals surface area contributed by atoms with Crippen molar-refractivity contribution in [2.45, 2.75) is 19.8 Å². The van der Waals surface area contributed by atoms with Crippen molar-refractivity contribution in [2.75, 3.05) is 10.6 Å². The predicted molar refractivity (Wildman–Crippen MR) is 150 cm³/mol. The molecule has 4 heterocycles. The molecule has 7 nitrogen and oxygen atoms in total. The molecule has 182 valence electrons. The van der Waals surface area contributed by atoms with Gasteiger partial charge in [0.25, 0.3) is 0 Å². The van der Waals surface area contributed by atoms with E-state index in [0.29, 0.717) is 11.6 Å². The summed E-state index contributed by atoms with van der Waals surface area (Å²) in [4.78, 5) is 13.2. The third-order valence-electron chi connectivity index (χ3n) is 6.75. The number of H-pyrrole nitrogens is 1. The van der Waals surface area contributed by atoms with E-state index in [0.717, 1.165) is 61.6 Å². The average molecular weight is 486 g/mol. The molecule has 3 N–H and O–H groups in total. The Morgan fingerprint density at radius 1 is 0.946 bits per heavy atom. The Bertz CT molecular complexity index is 1630. The Labute approximate surface area is 215 Å². The van der Waals surface area contributed by atoms with E-state index in [-0.39, 0.29) is 0 Å². The van der Waals surface area contributed by atoms with Crippen molar-refractivity contribution in [3.8, 4) is 22.4 Å². The third-order valence-corrected chi connectivity index (χ3v) is 6.75. The van der Waals surface area contributed by atoms with E-state index in [4.69, 9.17) is 0 Å². The lowest BCUT2D eigenvalue weighted by atomic mass is 10.00. The first-order valence-electron chi connectivity index (χ1n) is 12.3. The van der Waals surface area contributed by atoms with Gasteiger partial charge in [0.15, 0.2) is 0 Å². The lowest BCUT2D eigenvalue weighted by Gasteiger charge is -2.14. The fraction of sp³-hybridized carbons (Fsp3) is 0.133. The third kappa shape index (κ3) is 4.59. The Morgan fingerprint density at radius 2 is 1.78 bits per heavy atom. The molecule has 0 radical (unpaired) electrons. The van der Waals surface area contributed by atoms with Gasteiger partial charge in [0.1, 0.15) is 5.69 Å². The van der Waals surface area contributed by atoms with Crippen LogP contribution in [0, 0.1) is 12.8 Å². The van der Waals surface area contributed by atoms with Crippen LogP contribution in [0.2, 0.25) is 0 Å². The first-order valence-corrected chi connectivity index (χ1v) is 12.3. The van der Waals surface area contributed by atoms with E-state index in [1.165, 1.54) is 12.8 Å². The molecule has 7 heteroatoms. The minimum atomic E-state index is 0.569. The van der Waals surface area contributed by atoms with Gasteiger partial charge >= 0.3 is 0 Å². The second-order valence-electron chi connectivity index (χ2n) is 9.39. The molecule has 1 saturated carbocycles. The molecule has 5 aromatic rings. The highest BCUT2D eigenvalue weighted by Gasteiger charge is 2.24. The van der Waals surface area contributed by atoms with Crippen LogP contribution in [-0.2, 0) is 0 Å². The SMILES string of the molecule is C=C(Nc1cccc(-c2ccncc2)c1C)c1n[nH]c2cnc(-c3cncc(NC(=C)C4CC4)c3)cc12. The molecule has 37 heavy (non-hydrogen) atoms. The van der Waals surface area contributed by atoms with Crippen molar-refractivity contribution in [3.63, 3.8) is 0 Å². The standard InChI is InChI=1S/C30H27N7/c1-18-25(22-9-11-31-12-10-22)5-4-6-27(18)35-20(3)30-26-14-28(33-17-29(26)36-37-30)23-13-24(16-32-15-23)34-19(2)21-7-8-21/h4-6,9-17,21,34-35H,2-3,7-8H2,1H3,(H,36,37). The molecule has 1 aromatic carbocycles. The van der Waals surface area contributed by atoms with E-state index in [9.17, 15) is 0 Å². The molecule has 1 aliphatic carbocycles. The molecule has 0 unspecified atom stereocenters. The highest BCUT2D eigenvalue weighted by atomic mass is 15.1. The number of pyridine rings is 3. The molecule has 0 bridgehead atoms. The first kappa shape index (κ1) is 22.7. The first-order chi connectivity index (χ1) is 18.1. The van der Waals surface area contributed by atoms with E-state index < -0.39 is 0 Å². The second kappa shape index (κ2) is 9.35. The smallest absolute Gasteiger partial charge is 0.116 e. The Hall–Kier alpha value is -4.78. The molecular weight excluding hydrogens is 458 g/mol. The largest absolute Gasteiger partial charge is 0.358 e. The Kier molecular flexibility index (Phi) is 5.73. The van der Waals surface area contributed by atoms with Crippen LogP contribution in [0.1, 0.15) is 24.1 Å².